The molecule has 4 heteroatoms. The third kappa shape index (κ3) is 2.78. The molecule has 4 nitrogen and oxygen atoms in total. The number of hydrogen-bond acceptors (Lipinski definition) is 3. The lowest BCUT2D eigenvalue weighted by Crippen LogP contribution is -2.27. The third-order valence-corrected chi connectivity index (χ3v) is 2.71. The molecule has 0 spiro atoms. The molecule has 0 bridgehead atoms. The van der Waals surface area contributed by atoms with Crippen LogP contribution in [0, 0.1) is 5.92 Å². The van der Waals surface area contributed by atoms with Crippen molar-refractivity contribution in [2.45, 2.75) is 39.5 Å². The summed E-state index contributed by atoms with van der Waals surface area (Å²) in [5.41, 5.74) is 6.53. The molecule has 0 radical (unpaired) electrons. The van der Waals surface area contributed by atoms with E-state index in [1.165, 1.54) is 0 Å². The fourth-order valence-electron chi connectivity index (χ4n) is 1.92. The zero-order chi connectivity index (χ0) is 11.3. The maximum absolute atomic E-state index is 11.9. The number of rotatable bonds is 6. The topological polar surface area (TPSA) is 58.7 Å². The molecule has 1 aliphatic rings. The SMILES string of the molecule is CCCC1=NN(CC)C(=O)C1CCCN. The molecule has 0 aromatic rings. The molecule has 0 fully saturated rings. The minimum atomic E-state index is 0.00782. The molecular formula is C11H21N3O. The van der Waals surface area contributed by atoms with Crippen molar-refractivity contribution in [1.29, 1.82) is 0 Å². The van der Waals surface area contributed by atoms with Crippen molar-refractivity contribution >= 4 is 11.6 Å². The molecule has 0 aromatic carbocycles. The molecule has 0 aliphatic carbocycles. The molecule has 1 amide bonds. The highest BCUT2D eigenvalue weighted by atomic mass is 16.2. The van der Waals surface area contributed by atoms with Crippen LogP contribution < -0.4 is 5.73 Å². The summed E-state index contributed by atoms with van der Waals surface area (Å²) in [7, 11) is 0. The summed E-state index contributed by atoms with van der Waals surface area (Å²) < 4.78 is 0. The Morgan fingerprint density at radius 2 is 2.20 bits per heavy atom. The molecule has 0 saturated heterocycles. The van der Waals surface area contributed by atoms with Gasteiger partial charge in [-0.15, -0.1) is 0 Å². The molecule has 2 N–H and O–H groups in total. The Morgan fingerprint density at radius 1 is 1.47 bits per heavy atom. The van der Waals surface area contributed by atoms with E-state index >= 15 is 0 Å². The minimum absolute atomic E-state index is 0.00782. The zero-order valence-corrected chi connectivity index (χ0v) is 9.70. The molecule has 0 saturated carbocycles. The van der Waals surface area contributed by atoms with Crippen molar-refractivity contribution in [3.8, 4) is 0 Å². The van der Waals surface area contributed by atoms with Gasteiger partial charge in [-0.2, -0.15) is 5.10 Å². The van der Waals surface area contributed by atoms with Gasteiger partial charge in [0.1, 0.15) is 0 Å². The van der Waals surface area contributed by atoms with Crippen LogP contribution in [0.5, 0.6) is 0 Å². The zero-order valence-electron chi connectivity index (χ0n) is 9.70. The molecule has 1 atom stereocenters. The van der Waals surface area contributed by atoms with Gasteiger partial charge in [0, 0.05) is 6.54 Å². The minimum Gasteiger partial charge on any atom is -0.330 e. The molecular weight excluding hydrogens is 190 g/mol. The van der Waals surface area contributed by atoms with E-state index in [0.717, 1.165) is 31.4 Å². The molecule has 15 heavy (non-hydrogen) atoms. The monoisotopic (exact) mass is 211 g/mol. The average molecular weight is 211 g/mol. The van der Waals surface area contributed by atoms with Gasteiger partial charge in [-0.25, -0.2) is 5.01 Å². The fourth-order valence-corrected chi connectivity index (χ4v) is 1.92. The number of nitrogens with zero attached hydrogens (tertiary/aromatic N) is 2. The van der Waals surface area contributed by atoms with E-state index in [4.69, 9.17) is 5.73 Å². The number of hydrazone groups is 1. The first-order valence-corrected chi connectivity index (χ1v) is 5.83. The largest absolute Gasteiger partial charge is 0.330 e. The van der Waals surface area contributed by atoms with E-state index in [1.807, 2.05) is 6.92 Å². The normalized spacial score (nSPS) is 21.0. The summed E-state index contributed by atoms with van der Waals surface area (Å²) in [6, 6.07) is 0. The Morgan fingerprint density at radius 3 is 2.73 bits per heavy atom. The summed E-state index contributed by atoms with van der Waals surface area (Å²) in [5, 5.41) is 5.96. The standard InChI is InChI=1S/C11H21N3O/c1-3-6-10-9(7-5-8-12)11(15)14(4-2)13-10/h9H,3-8,12H2,1-2H3. The fraction of sp³-hybridized carbons (Fsp3) is 0.818. The smallest absolute Gasteiger partial charge is 0.251 e. The van der Waals surface area contributed by atoms with Crippen LogP contribution in [0.15, 0.2) is 5.10 Å². The Bertz CT molecular complexity index is 250. The van der Waals surface area contributed by atoms with Crippen molar-refractivity contribution in [1.82, 2.24) is 5.01 Å². The maximum Gasteiger partial charge on any atom is 0.251 e. The summed E-state index contributed by atoms with van der Waals surface area (Å²) >= 11 is 0. The van der Waals surface area contributed by atoms with E-state index in [1.54, 1.807) is 5.01 Å². The Kier molecular flexibility index (Phi) is 4.75. The Hall–Kier alpha value is -0.900. The van der Waals surface area contributed by atoms with Gasteiger partial charge < -0.3 is 5.73 Å². The van der Waals surface area contributed by atoms with E-state index in [2.05, 4.69) is 12.0 Å². The lowest BCUT2D eigenvalue weighted by molar-refractivity contribution is -0.131. The van der Waals surface area contributed by atoms with Crippen LogP contribution in [-0.2, 0) is 4.79 Å². The van der Waals surface area contributed by atoms with E-state index < -0.39 is 0 Å². The predicted molar refractivity (Wildman–Crippen MR) is 61.5 cm³/mol. The first-order valence-electron chi connectivity index (χ1n) is 5.83. The highest BCUT2D eigenvalue weighted by molar-refractivity contribution is 6.07. The number of carbonyl (C=O) groups excluding carboxylic acids is 1. The first kappa shape index (κ1) is 12.2. The van der Waals surface area contributed by atoms with Crippen LogP contribution >= 0.6 is 0 Å². The number of amides is 1. The van der Waals surface area contributed by atoms with Crippen molar-refractivity contribution in [3.63, 3.8) is 0 Å². The third-order valence-electron chi connectivity index (χ3n) is 2.71. The van der Waals surface area contributed by atoms with Crippen molar-refractivity contribution in [2.75, 3.05) is 13.1 Å². The Labute approximate surface area is 91.5 Å². The van der Waals surface area contributed by atoms with Gasteiger partial charge in [0.15, 0.2) is 0 Å². The van der Waals surface area contributed by atoms with Gasteiger partial charge in [-0.3, -0.25) is 4.79 Å². The number of nitrogens with two attached hydrogens (primary N) is 1. The van der Waals surface area contributed by atoms with Crippen LogP contribution in [0.3, 0.4) is 0 Å². The van der Waals surface area contributed by atoms with E-state index in [-0.39, 0.29) is 11.8 Å². The van der Waals surface area contributed by atoms with Gasteiger partial charge in [-0.05, 0) is 32.7 Å². The van der Waals surface area contributed by atoms with Gasteiger partial charge in [0.25, 0.3) is 5.91 Å². The van der Waals surface area contributed by atoms with Crippen LogP contribution in [0.25, 0.3) is 0 Å². The van der Waals surface area contributed by atoms with Crippen molar-refractivity contribution < 1.29 is 4.79 Å². The van der Waals surface area contributed by atoms with Crippen LogP contribution in [0.4, 0.5) is 0 Å². The van der Waals surface area contributed by atoms with Crippen molar-refractivity contribution in [3.05, 3.63) is 0 Å². The highest BCUT2D eigenvalue weighted by Crippen LogP contribution is 2.22. The first-order chi connectivity index (χ1) is 7.24. The number of hydrogen-bond donors (Lipinski definition) is 1. The molecule has 1 heterocycles. The molecule has 1 rings (SSSR count). The van der Waals surface area contributed by atoms with Crippen LogP contribution in [0.1, 0.15) is 39.5 Å². The summed E-state index contributed by atoms with van der Waals surface area (Å²) in [4.78, 5) is 11.9. The quantitative estimate of drug-likeness (QED) is 0.721. The van der Waals surface area contributed by atoms with Crippen molar-refractivity contribution in [2.24, 2.45) is 16.8 Å². The van der Waals surface area contributed by atoms with E-state index in [9.17, 15) is 4.79 Å². The molecule has 0 aromatic heterocycles. The second-order valence-electron chi connectivity index (χ2n) is 3.88. The lowest BCUT2D eigenvalue weighted by atomic mass is 9.95. The van der Waals surface area contributed by atoms with Gasteiger partial charge in [0.2, 0.25) is 0 Å². The maximum atomic E-state index is 11.9. The number of carbonyl (C=O) groups is 1. The second kappa shape index (κ2) is 5.85. The van der Waals surface area contributed by atoms with Gasteiger partial charge in [-0.1, -0.05) is 13.3 Å². The molecule has 86 valence electrons. The lowest BCUT2D eigenvalue weighted by Gasteiger charge is -2.11. The van der Waals surface area contributed by atoms with Crippen LogP contribution in [0.2, 0.25) is 0 Å². The van der Waals surface area contributed by atoms with E-state index in [0.29, 0.717) is 13.1 Å². The highest BCUT2D eigenvalue weighted by Gasteiger charge is 2.33. The van der Waals surface area contributed by atoms with Gasteiger partial charge in [0.05, 0.1) is 11.6 Å². The summed E-state index contributed by atoms with van der Waals surface area (Å²) in [5.74, 6) is 0.169. The summed E-state index contributed by atoms with van der Waals surface area (Å²) in [6.07, 6.45) is 3.72. The predicted octanol–water partition coefficient (Wildman–Crippen LogP) is 1.36. The average Bonchev–Trinajstić information content (AvgIpc) is 2.53. The second-order valence-corrected chi connectivity index (χ2v) is 3.88. The molecule has 1 unspecified atom stereocenters. The summed E-state index contributed by atoms with van der Waals surface area (Å²) in [6.45, 7) is 5.39. The van der Waals surface area contributed by atoms with Gasteiger partial charge >= 0.3 is 0 Å². The van der Waals surface area contributed by atoms with Crippen LogP contribution in [-0.4, -0.2) is 29.7 Å². The Balaban J connectivity index is 2.65. The molecule has 1 aliphatic heterocycles.